The van der Waals surface area contributed by atoms with Crippen LogP contribution in [0.5, 0.6) is 0 Å². The van der Waals surface area contributed by atoms with E-state index in [4.69, 9.17) is 9.84 Å². The molecule has 112 valence electrons. The summed E-state index contributed by atoms with van der Waals surface area (Å²) in [7, 11) is 0. The fourth-order valence-electron chi connectivity index (χ4n) is 1.62. The Morgan fingerprint density at radius 1 is 1.20 bits per heavy atom. The monoisotopic (exact) mass is 292 g/mol. The fourth-order valence-corrected chi connectivity index (χ4v) is 1.62. The van der Waals surface area contributed by atoms with Crippen molar-refractivity contribution < 1.29 is 32.9 Å². The quantitative estimate of drug-likeness (QED) is 0.659. The highest BCUT2D eigenvalue weighted by Gasteiger charge is 2.42. The maximum Gasteiger partial charge on any atom is 0.364 e. The van der Waals surface area contributed by atoms with Crippen molar-refractivity contribution in [3.8, 4) is 0 Å². The number of aliphatic carboxylic acids is 1. The first-order valence-corrected chi connectivity index (χ1v) is 5.74. The average Bonchev–Trinajstić information content (AvgIpc) is 2.27. The first-order chi connectivity index (χ1) is 8.96. The van der Waals surface area contributed by atoms with Crippen LogP contribution in [0.3, 0.4) is 0 Å². The number of hydrogen-bond donors (Lipinski definition) is 2. The Balaban J connectivity index is 3.15. The lowest BCUT2D eigenvalue weighted by atomic mass is 10.0. The van der Waals surface area contributed by atoms with Gasteiger partial charge < -0.3 is 14.9 Å². The smallest absolute Gasteiger partial charge is 0.364 e. The van der Waals surface area contributed by atoms with Crippen molar-refractivity contribution in [3.05, 3.63) is 35.1 Å². The number of halogens is 3. The van der Waals surface area contributed by atoms with Gasteiger partial charge in [0.2, 0.25) is 0 Å². The molecule has 20 heavy (non-hydrogen) atoms. The van der Waals surface area contributed by atoms with Gasteiger partial charge in [0.25, 0.3) is 5.79 Å². The van der Waals surface area contributed by atoms with E-state index in [-0.39, 0.29) is 0 Å². The van der Waals surface area contributed by atoms with E-state index in [2.05, 4.69) is 0 Å². The second kappa shape index (κ2) is 5.41. The second-order valence-corrected chi connectivity index (χ2v) is 5.32. The Bertz CT molecular complexity index is 525. The van der Waals surface area contributed by atoms with Gasteiger partial charge in [-0.15, -0.1) is 0 Å². The third-order valence-corrected chi connectivity index (χ3v) is 2.35. The Kier molecular flexibility index (Phi) is 4.45. The van der Waals surface area contributed by atoms with Crippen LogP contribution >= 0.6 is 0 Å². The van der Waals surface area contributed by atoms with Crippen LogP contribution in [0.2, 0.25) is 0 Å². The van der Waals surface area contributed by atoms with E-state index in [0.29, 0.717) is 6.07 Å². The number of carbonyl (C=O) groups is 1. The molecule has 0 aliphatic rings. The molecule has 0 saturated carbocycles. The van der Waals surface area contributed by atoms with Crippen molar-refractivity contribution in [3.63, 3.8) is 0 Å². The molecule has 1 aromatic rings. The van der Waals surface area contributed by atoms with Crippen LogP contribution in [0.4, 0.5) is 13.2 Å². The van der Waals surface area contributed by atoms with Gasteiger partial charge in [-0.2, -0.15) is 0 Å². The first kappa shape index (κ1) is 16.5. The predicted molar refractivity (Wildman–Crippen MR) is 63.4 cm³/mol. The molecule has 0 bridgehead atoms. The minimum absolute atomic E-state index is 0.502. The van der Waals surface area contributed by atoms with Crippen molar-refractivity contribution in [2.45, 2.75) is 38.6 Å². The summed E-state index contributed by atoms with van der Waals surface area (Å²) in [4.78, 5) is 11.1. The van der Waals surface area contributed by atoms with Gasteiger partial charge >= 0.3 is 5.97 Å². The van der Waals surface area contributed by atoms with E-state index in [1.165, 1.54) is 20.8 Å². The molecule has 0 saturated heterocycles. The lowest BCUT2D eigenvalue weighted by Crippen LogP contribution is -2.48. The zero-order chi connectivity index (χ0) is 15.7. The molecule has 0 aliphatic heterocycles. The van der Waals surface area contributed by atoms with Crippen molar-refractivity contribution in [1.29, 1.82) is 0 Å². The van der Waals surface area contributed by atoms with E-state index >= 15 is 0 Å². The largest absolute Gasteiger partial charge is 0.477 e. The number of carboxylic acid groups (broad SMARTS) is 1. The minimum atomic E-state index is -2.75. The number of aliphatic hydroxyl groups is 1. The normalized spacial score (nSPS) is 14.9. The van der Waals surface area contributed by atoms with Gasteiger partial charge in [-0.05, 0) is 32.4 Å². The zero-order valence-electron chi connectivity index (χ0n) is 11.2. The summed E-state index contributed by atoms with van der Waals surface area (Å²) >= 11 is 0. The van der Waals surface area contributed by atoms with Gasteiger partial charge in [0.15, 0.2) is 17.5 Å². The fraction of sp³-hybridized carbons (Fsp3) is 0.462. The van der Waals surface area contributed by atoms with Crippen LogP contribution in [0, 0.1) is 17.5 Å². The summed E-state index contributed by atoms with van der Waals surface area (Å²) in [5.41, 5.74) is -1.54. The molecule has 1 atom stereocenters. The van der Waals surface area contributed by atoms with E-state index in [1.807, 2.05) is 0 Å². The summed E-state index contributed by atoms with van der Waals surface area (Å²) in [5.74, 6) is -9.19. The lowest BCUT2D eigenvalue weighted by Gasteiger charge is -2.31. The number of ether oxygens (including phenoxy) is 1. The highest BCUT2D eigenvalue weighted by molar-refractivity contribution is 5.75. The van der Waals surface area contributed by atoms with E-state index in [9.17, 15) is 23.1 Å². The van der Waals surface area contributed by atoms with Crippen molar-refractivity contribution in [2.24, 2.45) is 0 Å². The molecule has 0 aliphatic carbocycles. The molecule has 7 heteroatoms. The average molecular weight is 292 g/mol. The molecule has 0 heterocycles. The van der Waals surface area contributed by atoms with Crippen LogP contribution in [0.1, 0.15) is 26.3 Å². The maximum absolute atomic E-state index is 13.5. The molecule has 0 fully saturated rings. The van der Waals surface area contributed by atoms with E-state index in [0.717, 1.165) is 6.07 Å². The summed E-state index contributed by atoms with van der Waals surface area (Å²) in [6.07, 6.45) is -0.858. The molecule has 1 aromatic carbocycles. The highest BCUT2D eigenvalue weighted by atomic mass is 19.2. The van der Waals surface area contributed by atoms with Crippen molar-refractivity contribution in [1.82, 2.24) is 0 Å². The van der Waals surface area contributed by atoms with Crippen LogP contribution < -0.4 is 0 Å². The third kappa shape index (κ3) is 3.71. The maximum atomic E-state index is 13.5. The SMILES string of the molecule is CC(C)(C)OC(O)(Cc1ccc(F)c(F)c1F)C(=O)O. The minimum Gasteiger partial charge on any atom is -0.477 e. The summed E-state index contributed by atoms with van der Waals surface area (Å²) in [5, 5.41) is 19.0. The van der Waals surface area contributed by atoms with Crippen LogP contribution in [-0.4, -0.2) is 27.6 Å². The molecular weight excluding hydrogens is 277 g/mol. The number of benzene rings is 1. The predicted octanol–water partition coefficient (Wildman–Crippen LogP) is 2.23. The standard InChI is InChI=1S/C13H15F3O4/c1-12(2,3)20-13(19,11(17)18)6-7-4-5-8(14)10(16)9(7)15/h4-5,19H,6H2,1-3H3,(H,17,18). The lowest BCUT2D eigenvalue weighted by molar-refractivity contribution is -0.255. The zero-order valence-corrected chi connectivity index (χ0v) is 11.2. The van der Waals surface area contributed by atoms with Gasteiger partial charge in [-0.1, -0.05) is 6.07 Å². The van der Waals surface area contributed by atoms with Crippen LogP contribution in [-0.2, 0) is 16.0 Å². The Morgan fingerprint density at radius 3 is 2.20 bits per heavy atom. The molecular formula is C13H15F3O4. The number of hydrogen-bond acceptors (Lipinski definition) is 3. The molecule has 0 amide bonds. The molecule has 0 radical (unpaired) electrons. The van der Waals surface area contributed by atoms with Gasteiger partial charge in [0, 0.05) is 6.42 Å². The summed E-state index contributed by atoms with van der Waals surface area (Å²) < 4.78 is 44.4. The highest BCUT2D eigenvalue weighted by Crippen LogP contribution is 2.25. The van der Waals surface area contributed by atoms with Gasteiger partial charge in [-0.3, -0.25) is 0 Å². The molecule has 1 rings (SSSR count). The van der Waals surface area contributed by atoms with Crippen LogP contribution in [0.25, 0.3) is 0 Å². The van der Waals surface area contributed by atoms with Crippen molar-refractivity contribution in [2.75, 3.05) is 0 Å². The Labute approximate surface area is 113 Å². The van der Waals surface area contributed by atoms with E-state index < -0.39 is 46.8 Å². The van der Waals surface area contributed by atoms with Gasteiger partial charge in [0.1, 0.15) is 0 Å². The van der Waals surface area contributed by atoms with E-state index in [1.54, 1.807) is 0 Å². The molecule has 4 nitrogen and oxygen atoms in total. The Morgan fingerprint density at radius 2 is 1.75 bits per heavy atom. The van der Waals surface area contributed by atoms with Gasteiger partial charge in [0.05, 0.1) is 5.60 Å². The number of carboxylic acids is 1. The summed E-state index contributed by atoms with van der Waals surface area (Å²) in [6.45, 7) is 4.47. The molecule has 0 aromatic heterocycles. The van der Waals surface area contributed by atoms with Gasteiger partial charge in [-0.25, -0.2) is 18.0 Å². The summed E-state index contributed by atoms with van der Waals surface area (Å²) in [6, 6.07) is 1.50. The number of rotatable bonds is 4. The first-order valence-electron chi connectivity index (χ1n) is 5.74. The van der Waals surface area contributed by atoms with Crippen molar-refractivity contribution >= 4 is 5.97 Å². The molecule has 0 spiro atoms. The third-order valence-electron chi connectivity index (χ3n) is 2.35. The second-order valence-electron chi connectivity index (χ2n) is 5.32. The molecule has 2 N–H and O–H groups in total. The topological polar surface area (TPSA) is 66.8 Å². The van der Waals surface area contributed by atoms with Crippen LogP contribution in [0.15, 0.2) is 12.1 Å². The molecule has 1 unspecified atom stereocenters. The Hall–Kier alpha value is -1.60.